The summed E-state index contributed by atoms with van der Waals surface area (Å²) in [5.74, 6) is -0.281. The van der Waals surface area contributed by atoms with Gasteiger partial charge in [0.15, 0.2) is 0 Å². The van der Waals surface area contributed by atoms with Crippen LogP contribution in [0.5, 0.6) is 0 Å². The van der Waals surface area contributed by atoms with E-state index in [1.165, 1.54) is 6.07 Å². The van der Waals surface area contributed by atoms with Gasteiger partial charge in [0, 0.05) is 20.1 Å². The molecule has 0 aliphatic heterocycles. The molecule has 1 aromatic heterocycles. The quantitative estimate of drug-likeness (QED) is 0.856. The van der Waals surface area contributed by atoms with E-state index in [-0.39, 0.29) is 11.5 Å². The van der Waals surface area contributed by atoms with Crippen molar-refractivity contribution in [2.45, 2.75) is 20.3 Å². The van der Waals surface area contributed by atoms with Crippen molar-refractivity contribution in [1.29, 1.82) is 0 Å². The van der Waals surface area contributed by atoms with Gasteiger partial charge in [-0.25, -0.2) is 9.37 Å². The van der Waals surface area contributed by atoms with E-state index in [4.69, 9.17) is 0 Å². The summed E-state index contributed by atoms with van der Waals surface area (Å²) in [6.45, 7) is 5.16. The highest BCUT2D eigenvalue weighted by Gasteiger charge is 2.17. The number of carbonyl (C=O) groups excluding carboxylic acids is 1. The zero-order valence-electron chi connectivity index (χ0n) is 10.5. The highest BCUT2D eigenvalue weighted by molar-refractivity contribution is 5.98. The van der Waals surface area contributed by atoms with Gasteiger partial charge in [-0.15, -0.1) is 0 Å². The van der Waals surface area contributed by atoms with Gasteiger partial charge in [-0.1, -0.05) is 6.92 Å². The van der Waals surface area contributed by atoms with Crippen molar-refractivity contribution in [2.75, 3.05) is 25.5 Å². The van der Waals surface area contributed by atoms with Gasteiger partial charge in [0.25, 0.3) is 5.91 Å². The van der Waals surface area contributed by atoms with Crippen LogP contribution in [0.1, 0.15) is 30.6 Å². The standard InChI is InChI=1S/C12H18FN3O/c1-4-6-16(3)12(17)10-7-9(13)8-15-11(10)14-5-2/h7-8H,4-6H2,1-3H3,(H,14,15). The number of hydrogen-bond acceptors (Lipinski definition) is 3. The smallest absolute Gasteiger partial charge is 0.257 e. The fourth-order valence-corrected chi connectivity index (χ4v) is 1.55. The second-order valence-corrected chi connectivity index (χ2v) is 3.81. The summed E-state index contributed by atoms with van der Waals surface area (Å²) in [7, 11) is 1.70. The first-order chi connectivity index (χ1) is 8.10. The Bertz CT molecular complexity index is 395. The average Bonchev–Trinajstić information content (AvgIpc) is 2.31. The summed E-state index contributed by atoms with van der Waals surface area (Å²) in [5, 5.41) is 2.96. The Morgan fingerprint density at radius 2 is 2.24 bits per heavy atom. The van der Waals surface area contributed by atoms with E-state index in [2.05, 4.69) is 10.3 Å². The Morgan fingerprint density at radius 3 is 2.82 bits per heavy atom. The lowest BCUT2D eigenvalue weighted by Crippen LogP contribution is -2.28. The zero-order chi connectivity index (χ0) is 12.8. The molecule has 17 heavy (non-hydrogen) atoms. The van der Waals surface area contributed by atoms with Crippen LogP contribution in [0.15, 0.2) is 12.3 Å². The van der Waals surface area contributed by atoms with E-state index < -0.39 is 5.82 Å². The molecular formula is C12H18FN3O. The van der Waals surface area contributed by atoms with Crippen LogP contribution in [0, 0.1) is 5.82 Å². The van der Waals surface area contributed by atoms with Gasteiger partial charge in [-0.3, -0.25) is 4.79 Å². The zero-order valence-corrected chi connectivity index (χ0v) is 10.5. The Morgan fingerprint density at radius 1 is 1.53 bits per heavy atom. The Labute approximate surface area is 101 Å². The highest BCUT2D eigenvalue weighted by atomic mass is 19.1. The molecule has 1 heterocycles. The lowest BCUT2D eigenvalue weighted by molar-refractivity contribution is 0.0795. The molecule has 1 amide bonds. The van der Waals surface area contributed by atoms with Crippen LogP contribution in [-0.2, 0) is 0 Å². The van der Waals surface area contributed by atoms with Crippen molar-refractivity contribution in [3.63, 3.8) is 0 Å². The summed E-state index contributed by atoms with van der Waals surface area (Å²) in [6.07, 6.45) is 1.97. The van der Waals surface area contributed by atoms with E-state index in [0.29, 0.717) is 18.9 Å². The molecule has 0 spiro atoms. The molecular weight excluding hydrogens is 221 g/mol. The molecule has 1 N–H and O–H groups in total. The van der Waals surface area contributed by atoms with Crippen molar-refractivity contribution in [3.8, 4) is 0 Å². The van der Waals surface area contributed by atoms with E-state index in [0.717, 1.165) is 12.6 Å². The molecule has 0 radical (unpaired) electrons. The third kappa shape index (κ3) is 3.41. The molecule has 0 fully saturated rings. The number of halogens is 1. The van der Waals surface area contributed by atoms with Gasteiger partial charge >= 0.3 is 0 Å². The van der Waals surface area contributed by atoms with Crippen LogP contribution in [-0.4, -0.2) is 35.9 Å². The number of pyridine rings is 1. The minimum Gasteiger partial charge on any atom is -0.370 e. The molecule has 0 aliphatic carbocycles. The number of nitrogens with zero attached hydrogens (tertiary/aromatic N) is 2. The van der Waals surface area contributed by atoms with Gasteiger partial charge in [0.2, 0.25) is 0 Å². The molecule has 1 aromatic rings. The van der Waals surface area contributed by atoms with Crippen LogP contribution in [0.25, 0.3) is 0 Å². The first kappa shape index (κ1) is 13.4. The van der Waals surface area contributed by atoms with Crippen LogP contribution < -0.4 is 5.32 Å². The molecule has 0 bridgehead atoms. The summed E-state index contributed by atoms with van der Waals surface area (Å²) >= 11 is 0. The molecule has 1 rings (SSSR count). The normalized spacial score (nSPS) is 10.1. The van der Waals surface area contributed by atoms with Crippen molar-refractivity contribution in [2.24, 2.45) is 0 Å². The molecule has 0 atom stereocenters. The van der Waals surface area contributed by atoms with Gasteiger partial charge < -0.3 is 10.2 Å². The summed E-state index contributed by atoms with van der Waals surface area (Å²) in [4.78, 5) is 17.5. The highest BCUT2D eigenvalue weighted by Crippen LogP contribution is 2.15. The topological polar surface area (TPSA) is 45.2 Å². The number of amides is 1. The maximum atomic E-state index is 13.1. The van der Waals surface area contributed by atoms with Gasteiger partial charge in [-0.05, 0) is 19.4 Å². The number of hydrogen-bond donors (Lipinski definition) is 1. The molecule has 0 aliphatic rings. The Balaban J connectivity index is 3.01. The van der Waals surface area contributed by atoms with Crippen LogP contribution in [0.3, 0.4) is 0 Å². The number of aromatic nitrogens is 1. The largest absolute Gasteiger partial charge is 0.370 e. The Kier molecular flexibility index (Phi) is 4.87. The number of carbonyl (C=O) groups is 1. The number of rotatable bonds is 5. The van der Waals surface area contributed by atoms with Crippen molar-refractivity contribution < 1.29 is 9.18 Å². The minimum absolute atomic E-state index is 0.213. The number of nitrogens with one attached hydrogen (secondary N) is 1. The predicted molar refractivity (Wildman–Crippen MR) is 65.6 cm³/mol. The molecule has 5 heteroatoms. The van der Waals surface area contributed by atoms with Gasteiger partial charge in [-0.2, -0.15) is 0 Å². The molecule has 0 saturated carbocycles. The van der Waals surface area contributed by atoms with E-state index in [1.54, 1.807) is 11.9 Å². The van der Waals surface area contributed by atoms with Crippen LogP contribution in [0.2, 0.25) is 0 Å². The lowest BCUT2D eigenvalue weighted by Gasteiger charge is -2.18. The van der Waals surface area contributed by atoms with Crippen molar-refractivity contribution >= 4 is 11.7 Å². The van der Waals surface area contributed by atoms with Crippen LogP contribution >= 0.6 is 0 Å². The predicted octanol–water partition coefficient (Wildman–Crippen LogP) is 2.13. The number of anilines is 1. The van der Waals surface area contributed by atoms with E-state index >= 15 is 0 Å². The maximum Gasteiger partial charge on any atom is 0.257 e. The van der Waals surface area contributed by atoms with Crippen LogP contribution in [0.4, 0.5) is 10.2 Å². The van der Waals surface area contributed by atoms with Crippen molar-refractivity contribution in [1.82, 2.24) is 9.88 Å². The molecule has 0 aromatic carbocycles. The summed E-state index contributed by atoms with van der Waals surface area (Å²) in [5.41, 5.74) is 0.280. The first-order valence-corrected chi connectivity index (χ1v) is 5.75. The van der Waals surface area contributed by atoms with E-state index in [1.807, 2.05) is 13.8 Å². The Hall–Kier alpha value is -1.65. The van der Waals surface area contributed by atoms with E-state index in [9.17, 15) is 9.18 Å². The van der Waals surface area contributed by atoms with Gasteiger partial charge in [0.1, 0.15) is 11.6 Å². The fourth-order valence-electron chi connectivity index (χ4n) is 1.55. The average molecular weight is 239 g/mol. The molecule has 0 saturated heterocycles. The molecule has 94 valence electrons. The second kappa shape index (κ2) is 6.18. The lowest BCUT2D eigenvalue weighted by atomic mass is 10.2. The maximum absolute atomic E-state index is 13.1. The first-order valence-electron chi connectivity index (χ1n) is 5.75. The summed E-state index contributed by atoms with van der Waals surface area (Å²) in [6, 6.07) is 1.22. The van der Waals surface area contributed by atoms with Crippen molar-refractivity contribution in [3.05, 3.63) is 23.6 Å². The summed E-state index contributed by atoms with van der Waals surface area (Å²) < 4.78 is 13.1. The minimum atomic E-state index is -0.500. The van der Waals surface area contributed by atoms with Gasteiger partial charge in [0.05, 0.1) is 11.8 Å². The second-order valence-electron chi connectivity index (χ2n) is 3.81. The third-order valence-electron chi connectivity index (χ3n) is 2.33. The SMILES string of the molecule is CCCN(C)C(=O)c1cc(F)cnc1NCC. The molecule has 4 nitrogen and oxygen atoms in total. The monoisotopic (exact) mass is 239 g/mol. The fraction of sp³-hybridized carbons (Fsp3) is 0.500. The third-order valence-corrected chi connectivity index (χ3v) is 2.33. The molecule has 0 unspecified atom stereocenters.